The minimum absolute atomic E-state index is 0. The number of anilines is 1. The molecule has 1 amide bonds. The highest BCUT2D eigenvalue weighted by molar-refractivity contribution is 5.85. The van der Waals surface area contributed by atoms with E-state index < -0.39 is 0 Å². The van der Waals surface area contributed by atoms with E-state index in [4.69, 9.17) is 5.73 Å². The van der Waals surface area contributed by atoms with E-state index in [1.165, 1.54) is 0 Å². The van der Waals surface area contributed by atoms with Crippen molar-refractivity contribution in [2.24, 2.45) is 11.7 Å². The van der Waals surface area contributed by atoms with Crippen molar-refractivity contribution in [3.05, 3.63) is 18.5 Å². The van der Waals surface area contributed by atoms with Crippen LogP contribution >= 0.6 is 24.8 Å². The third-order valence-corrected chi connectivity index (χ3v) is 5.62. The molecule has 1 aliphatic heterocycles. The SMILES string of the molecule is CC1(N)CCCCC1C(=O)N1CCN(c2ccc3nncn3n2)CC1.Cl.Cl. The molecule has 1 saturated heterocycles. The number of rotatable bonds is 2. The number of fused-ring (bicyclic) bond motifs is 1. The first-order valence-electron chi connectivity index (χ1n) is 9.04. The Balaban J connectivity index is 0.00000131. The van der Waals surface area contributed by atoms with E-state index in [0.29, 0.717) is 13.1 Å². The second-order valence-electron chi connectivity index (χ2n) is 7.44. The van der Waals surface area contributed by atoms with Gasteiger partial charge in [0, 0.05) is 31.7 Å². The number of carbonyl (C=O) groups excluding carboxylic acids is 1. The molecule has 8 nitrogen and oxygen atoms in total. The summed E-state index contributed by atoms with van der Waals surface area (Å²) in [5, 5.41) is 12.4. The molecule has 10 heteroatoms. The molecule has 2 fully saturated rings. The Hall–Kier alpha value is -1.64. The Morgan fingerprint density at radius 1 is 1.19 bits per heavy atom. The predicted molar refractivity (Wildman–Crippen MR) is 109 cm³/mol. The van der Waals surface area contributed by atoms with Gasteiger partial charge in [0.15, 0.2) is 5.65 Å². The predicted octanol–water partition coefficient (Wildman–Crippen LogP) is 1.52. The van der Waals surface area contributed by atoms with Gasteiger partial charge in [-0.2, -0.15) is 4.52 Å². The van der Waals surface area contributed by atoms with Crippen molar-refractivity contribution >= 4 is 42.2 Å². The molecule has 0 bridgehead atoms. The Labute approximate surface area is 171 Å². The van der Waals surface area contributed by atoms with Crippen LogP contribution in [0.3, 0.4) is 0 Å². The van der Waals surface area contributed by atoms with Gasteiger partial charge in [-0.3, -0.25) is 4.79 Å². The van der Waals surface area contributed by atoms with Crippen molar-refractivity contribution in [2.45, 2.75) is 38.1 Å². The van der Waals surface area contributed by atoms with Gasteiger partial charge in [0.1, 0.15) is 12.1 Å². The zero-order valence-corrected chi connectivity index (χ0v) is 17.1. The lowest BCUT2D eigenvalue weighted by atomic mass is 9.74. The number of carbonyl (C=O) groups is 1. The molecule has 2 atom stereocenters. The van der Waals surface area contributed by atoms with Gasteiger partial charge in [0.2, 0.25) is 5.91 Å². The molecule has 27 heavy (non-hydrogen) atoms. The van der Waals surface area contributed by atoms with E-state index in [9.17, 15) is 4.79 Å². The largest absolute Gasteiger partial charge is 0.352 e. The van der Waals surface area contributed by atoms with Crippen molar-refractivity contribution in [3.8, 4) is 0 Å². The third kappa shape index (κ3) is 4.28. The smallest absolute Gasteiger partial charge is 0.227 e. The number of halogens is 2. The van der Waals surface area contributed by atoms with E-state index in [2.05, 4.69) is 20.2 Å². The fourth-order valence-electron chi connectivity index (χ4n) is 4.03. The van der Waals surface area contributed by atoms with E-state index in [1.54, 1.807) is 10.8 Å². The lowest BCUT2D eigenvalue weighted by molar-refractivity contribution is -0.139. The number of amides is 1. The monoisotopic (exact) mass is 415 g/mol. The molecule has 2 unspecified atom stereocenters. The molecular weight excluding hydrogens is 389 g/mol. The maximum absolute atomic E-state index is 12.9. The summed E-state index contributed by atoms with van der Waals surface area (Å²) < 4.78 is 1.68. The number of nitrogens with two attached hydrogens (primary N) is 1. The van der Waals surface area contributed by atoms with Crippen LogP contribution in [0, 0.1) is 5.92 Å². The molecular formula is C17H27Cl2N7O. The lowest BCUT2D eigenvalue weighted by Gasteiger charge is -2.42. The van der Waals surface area contributed by atoms with Gasteiger partial charge in [-0.15, -0.1) is 40.1 Å². The molecule has 3 heterocycles. The van der Waals surface area contributed by atoms with Crippen molar-refractivity contribution in [1.29, 1.82) is 0 Å². The molecule has 2 aromatic rings. The molecule has 1 aliphatic carbocycles. The first-order chi connectivity index (χ1) is 12.0. The van der Waals surface area contributed by atoms with Gasteiger partial charge in [-0.1, -0.05) is 12.8 Å². The lowest BCUT2D eigenvalue weighted by Crippen LogP contribution is -2.57. The van der Waals surface area contributed by atoms with Gasteiger partial charge < -0.3 is 15.5 Å². The van der Waals surface area contributed by atoms with Crippen molar-refractivity contribution in [2.75, 3.05) is 31.1 Å². The Bertz CT molecular complexity index is 773. The van der Waals surface area contributed by atoms with Crippen LogP contribution in [0.4, 0.5) is 5.82 Å². The fraction of sp³-hybridized carbons (Fsp3) is 0.647. The highest BCUT2D eigenvalue weighted by Crippen LogP contribution is 2.33. The average Bonchev–Trinajstić information content (AvgIpc) is 3.08. The van der Waals surface area contributed by atoms with Crippen LogP contribution in [0.15, 0.2) is 18.5 Å². The first kappa shape index (κ1) is 21.7. The van der Waals surface area contributed by atoms with Crippen LogP contribution in [0.25, 0.3) is 5.65 Å². The maximum atomic E-state index is 12.9. The number of hydrogen-bond acceptors (Lipinski definition) is 6. The van der Waals surface area contributed by atoms with Crippen LogP contribution in [0.5, 0.6) is 0 Å². The summed E-state index contributed by atoms with van der Waals surface area (Å²) >= 11 is 0. The maximum Gasteiger partial charge on any atom is 0.227 e. The summed E-state index contributed by atoms with van der Waals surface area (Å²) in [6.45, 7) is 5.02. The van der Waals surface area contributed by atoms with Crippen LogP contribution in [-0.2, 0) is 4.79 Å². The standard InChI is InChI=1S/C17H25N7O.2ClH/c1-17(18)7-3-2-4-13(17)16(25)23-10-8-22(9-11-23)15-6-5-14-20-19-12-24(14)21-15;;/h5-6,12-13H,2-4,7-11,18H2,1H3;2*1H. The van der Waals surface area contributed by atoms with Crippen LogP contribution in [-0.4, -0.2) is 62.3 Å². The zero-order valence-electron chi connectivity index (χ0n) is 15.5. The molecule has 150 valence electrons. The quantitative estimate of drug-likeness (QED) is 0.798. The summed E-state index contributed by atoms with van der Waals surface area (Å²) in [5.41, 5.74) is 6.77. The Kier molecular flexibility index (Phi) is 6.88. The first-order valence-corrected chi connectivity index (χ1v) is 9.04. The third-order valence-electron chi connectivity index (χ3n) is 5.62. The summed E-state index contributed by atoms with van der Waals surface area (Å²) in [4.78, 5) is 17.1. The summed E-state index contributed by atoms with van der Waals surface area (Å²) in [6.07, 6.45) is 5.68. The second kappa shape index (κ2) is 8.58. The molecule has 0 aromatic carbocycles. The van der Waals surface area contributed by atoms with Crippen molar-refractivity contribution in [1.82, 2.24) is 24.7 Å². The summed E-state index contributed by atoms with van der Waals surface area (Å²) in [6, 6.07) is 3.87. The van der Waals surface area contributed by atoms with Crippen LogP contribution in [0.2, 0.25) is 0 Å². The topological polar surface area (TPSA) is 92.7 Å². The molecule has 0 radical (unpaired) electrons. The van der Waals surface area contributed by atoms with E-state index in [1.807, 2.05) is 24.0 Å². The zero-order chi connectivity index (χ0) is 17.4. The highest BCUT2D eigenvalue weighted by Gasteiger charge is 2.40. The normalized spacial score (nSPS) is 25.6. The summed E-state index contributed by atoms with van der Waals surface area (Å²) in [7, 11) is 0. The van der Waals surface area contributed by atoms with Crippen LogP contribution < -0.4 is 10.6 Å². The molecule has 1 saturated carbocycles. The summed E-state index contributed by atoms with van der Waals surface area (Å²) in [5.74, 6) is 1.08. The second-order valence-corrected chi connectivity index (χ2v) is 7.44. The average molecular weight is 416 g/mol. The van der Waals surface area contributed by atoms with E-state index in [-0.39, 0.29) is 42.2 Å². The Morgan fingerprint density at radius 3 is 2.63 bits per heavy atom. The molecule has 4 rings (SSSR count). The van der Waals surface area contributed by atoms with Gasteiger partial charge in [-0.05, 0) is 31.9 Å². The minimum Gasteiger partial charge on any atom is -0.352 e. The fourth-order valence-corrected chi connectivity index (χ4v) is 4.03. The number of aromatic nitrogens is 4. The number of nitrogens with zero attached hydrogens (tertiary/aromatic N) is 6. The highest BCUT2D eigenvalue weighted by atomic mass is 35.5. The van der Waals surface area contributed by atoms with E-state index in [0.717, 1.165) is 50.2 Å². The van der Waals surface area contributed by atoms with Crippen LogP contribution in [0.1, 0.15) is 32.6 Å². The van der Waals surface area contributed by atoms with Gasteiger partial charge in [-0.25, -0.2) is 0 Å². The van der Waals surface area contributed by atoms with E-state index >= 15 is 0 Å². The molecule has 2 N–H and O–H groups in total. The number of hydrogen-bond donors (Lipinski definition) is 1. The van der Waals surface area contributed by atoms with Gasteiger partial charge >= 0.3 is 0 Å². The van der Waals surface area contributed by atoms with Gasteiger partial charge in [0.05, 0.1) is 5.92 Å². The minimum atomic E-state index is -0.368. The Morgan fingerprint density at radius 2 is 1.93 bits per heavy atom. The number of piperazine rings is 1. The molecule has 2 aliphatic rings. The van der Waals surface area contributed by atoms with Gasteiger partial charge in [0.25, 0.3) is 0 Å². The molecule has 0 spiro atoms. The van der Waals surface area contributed by atoms with Crippen molar-refractivity contribution in [3.63, 3.8) is 0 Å². The molecule has 2 aromatic heterocycles. The van der Waals surface area contributed by atoms with Crippen molar-refractivity contribution < 1.29 is 4.79 Å².